The van der Waals surface area contributed by atoms with Crippen molar-refractivity contribution in [3.63, 3.8) is 0 Å². The first-order valence-corrected chi connectivity index (χ1v) is 3.58. The summed E-state index contributed by atoms with van der Waals surface area (Å²) in [6.07, 6.45) is 9.36. The quantitative estimate of drug-likeness (QED) is 0.511. The van der Waals surface area contributed by atoms with Gasteiger partial charge in [-0.2, -0.15) is 0 Å². The molecule has 1 nitrogen and oxygen atoms in total. The van der Waals surface area contributed by atoms with Gasteiger partial charge in [0.05, 0.1) is 0 Å². The molecule has 0 radical (unpaired) electrons. The van der Waals surface area contributed by atoms with E-state index in [1.165, 1.54) is 12.8 Å². The van der Waals surface area contributed by atoms with Gasteiger partial charge in [-0.3, -0.25) is 4.99 Å². The van der Waals surface area contributed by atoms with E-state index >= 15 is 0 Å². The van der Waals surface area contributed by atoms with Gasteiger partial charge in [-0.05, 0) is 0 Å². The van der Waals surface area contributed by atoms with E-state index < -0.39 is 0 Å². The number of aliphatic imine (C=N–C) groups is 1. The molecule has 0 aromatic carbocycles. The molecule has 0 aromatic rings. The summed E-state index contributed by atoms with van der Waals surface area (Å²) >= 11 is 0. The Bertz CT molecular complexity index is 80.7. The summed E-state index contributed by atoms with van der Waals surface area (Å²) in [6, 6.07) is 0. The van der Waals surface area contributed by atoms with Gasteiger partial charge in [0.2, 0.25) is 0 Å². The summed E-state index contributed by atoms with van der Waals surface area (Å²) in [5.41, 5.74) is 0. The molecule has 1 aliphatic rings. The Morgan fingerprint density at radius 2 is 2.00 bits per heavy atom. The number of unbranched alkanes of at least 4 members (excludes halogenated alkanes) is 1. The molecule has 0 saturated carbocycles. The largest absolute Gasteiger partial charge is 0.269 e. The molecule has 0 bridgehead atoms. The standard InChI is InChI=1S/C4H5N.C4H10/c1-2-4-5-3-1;1-3-4-2/h1,3-4H,2H2;3-4H2,1-2H3. The molecule has 0 spiro atoms. The second-order valence-corrected chi connectivity index (χ2v) is 1.95. The SMILES string of the molecule is C1=CN=CC1.CCCC. The van der Waals surface area contributed by atoms with Gasteiger partial charge >= 0.3 is 0 Å². The van der Waals surface area contributed by atoms with Crippen molar-refractivity contribution in [1.29, 1.82) is 0 Å². The van der Waals surface area contributed by atoms with Crippen LogP contribution in [0.2, 0.25) is 0 Å². The van der Waals surface area contributed by atoms with Crippen LogP contribution in [-0.2, 0) is 0 Å². The van der Waals surface area contributed by atoms with Gasteiger partial charge in [-0.25, -0.2) is 0 Å². The Hall–Kier alpha value is -0.590. The number of hydrogen-bond acceptors (Lipinski definition) is 1. The van der Waals surface area contributed by atoms with Crippen molar-refractivity contribution in [2.24, 2.45) is 4.99 Å². The highest BCUT2D eigenvalue weighted by Crippen LogP contribution is 1.86. The summed E-state index contributed by atoms with van der Waals surface area (Å²) < 4.78 is 0. The van der Waals surface area contributed by atoms with E-state index in [9.17, 15) is 0 Å². The predicted molar refractivity (Wildman–Crippen MR) is 42.8 cm³/mol. The molecule has 0 unspecified atom stereocenters. The molecule has 1 aliphatic heterocycles. The van der Waals surface area contributed by atoms with Crippen molar-refractivity contribution in [3.8, 4) is 0 Å². The second-order valence-electron chi connectivity index (χ2n) is 1.95. The van der Waals surface area contributed by atoms with Crippen molar-refractivity contribution in [1.82, 2.24) is 0 Å². The van der Waals surface area contributed by atoms with E-state index in [0.717, 1.165) is 6.42 Å². The van der Waals surface area contributed by atoms with Crippen molar-refractivity contribution < 1.29 is 0 Å². The minimum atomic E-state index is 1.03. The van der Waals surface area contributed by atoms with Crippen molar-refractivity contribution >= 4 is 6.21 Å². The molecule has 52 valence electrons. The molecule has 9 heavy (non-hydrogen) atoms. The smallest absolute Gasteiger partial charge is 0.0227 e. The Kier molecular flexibility index (Phi) is 6.92. The molecule has 0 amide bonds. The van der Waals surface area contributed by atoms with E-state index in [4.69, 9.17) is 0 Å². The molecular formula is C8H15N. The molecule has 0 aromatic heterocycles. The maximum Gasteiger partial charge on any atom is 0.0227 e. The van der Waals surface area contributed by atoms with Gasteiger partial charge in [0.25, 0.3) is 0 Å². The van der Waals surface area contributed by atoms with Crippen molar-refractivity contribution in [2.45, 2.75) is 33.1 Å². The highest BCUT2D eigenvalue weighted by Gasteiger charge is 1.73. The normalized spacial score (nSPS) is 13.1. The minimum Gasteiger partial charge on any atom is -0.269 e. The lowest BCUT2D eigenvalue weighted by Crippen LogP contribution is -1.51. The Morgan fingerprint density at radius 3 is 2.11 bits per heavy atom. The van der Waals surface area contributed by atoms with E-state index in [0.29, 0.717) is 0 Å². The second kappa shape index (κ2) is 7.41. The Morgan fingerprint density at radius 1 is 1.33 bits per heavy atom. The number of rotatable bonds is 1. The maximum atomic E-state index is 3.78. The summed E-state index contributed by atoms with van der Waals surface area (Å²) in [6.45, 7) is 4.36. The molecule has 1 heterocycles. The van der Waals surface area contributed by atoms with Crippen LogP contribution in [-0.4, -0.2) is 6.21 Å². The molecule has 1 rings (SSSR count). The minimum absolute atomic E-state index is 1.03. The van der Waals surface area contributed by atoms with E-state index in [2.05, 4.69) is 18.8 Å². The highest BCUT2D eigenvalue weighted by molar-refractivity contribution is 5.62. The third-order valence-electron chi connectivity index (χ3n) is 1.04. The van der Waals surface area contributed by atoms with Crippen molar-refractivity contribution in [2.75, 3.05) is 0 Å². The summed E-state index contributed by atoms with van der Waals surface area (Å²) in [7, 11) is 0. The van der Waals surface area contributed by atoms with Crippen LogP contribution in [0.25, 0.3) is 0 Å². The van der Waals surface area contributed by atoms with Gasteiger partial charge < -0.3 is 0 Å². The first-order valence-electron chi connectivity index (χ1n) is 3.58. The lowest BCUT2D eigenvalue weighted by molar-refractivity contribution is 0.886. The van der Waals surface area contributed by atoms with E-state index in [1.54, 1.807) is 6.20 Å². The summed E-state index contributed by atoms with van der Waals surface area (Å²) in [5.74, 6) is 0. The molecule has 0 N–H and O–H groups in total. The van der Waals surface area contributed by atoms with Gasteiger partial charge in [0.15, 0.2) is 0 Å². The van der Waals surface area contributed by atoms with Crippen LogP contribution in [0.4, 0.5) is 0 Å². The average Bonchev–Trinajstić information content (AvgIpc) is 2.43. The zero-order valence-corrected chi connectivity index (χ0v) is 6.30. The van der Waals surface area contributed by atoms with Gasteiger partial charge in [-0.1, -0.05) is 32.8 Å². The van der Waals surface area contributed by atoms with Crippen LogP contribution in [0.3, 0.4) is 0 Å². The topological polar surface area (TPSA) is 12.4 Å². The first-order chi connectivity index (χ1) is 4.41. The van der Waals surface area contributed by atoms with Crippen LogP contribution >= 0.6 is 0 Å². The Balaban J connectivity index is 0.000000148. The lowest BCUT2D eigenvalue weighted by Gasteiger charge is -1.68. The summed E-state index contributed by atoms with van der Waals surface area (Å²) in [5, 5.41) is 0. The molecular weight excluding hydrogens is 110 g/mol. The third kappa shape index (κ3) is 7.41. The van der Waals surface area contributed by atoms with Crippen LogP contribution in [0.1, 0.15) is 33.1 Å². The fourth-order valence-corrected chi connectivity index (χ4v) is 0.304. The van der Waals surface area contributed by atoms with Crippen LogP contribution < -0.4 is 0 Å². The fourth-order valence-electron chi connectivity index (χ4n) is 0.304. The third-order valence-corrected chi connectivity index (χ3v) is 1.04. The fraction of sp³-hybridized carbons (Fsp3) is 0.625. The van der Waals surface area contributed by atoms with Crippen LogP contribution in [0, 0.1) is 0 Å². The number of hydrogen-bond donors (Lipinski definition) is 0. The zero-order valence-electron chi connectivity index (χ0n) is 6.30. The first kappa shape index (κ1) is 8.41. The van der Waals surface area contributed by atoms with Gasteiger partial charge in [0, 0.05) is 18.8 Å². The lowest BCUT2D eigenvalue weighted by atomic mass is 10.4. The maximum absolute atomic E-state index is 3.78. The zero-order chi connectivity index (χ0) is 6.95. The van der Waals surface area contributed by atoms with Crippen molar-refractivity contribution in [3.05, 3.63) is 12.3 Å². The van der Waals surface area contributed by atoms with E-state index in [-0.39, 0.29) is 0 Å². The van der Waals surface area contributed by atoms with Gasteiger partial charge in [-0.15, -0.1) is 0 Å². The van der Waals surface area contributed by atoms with Crippen LogP contribution in [0.5, 0.6) is 0 Å². The molecule has 0 aliphatic carbocycles. The Labute approximate surface area is 57.5 Å². The molecule has 0 fully saturated rings. The number of nitrogens with zero attached hydrogens (tertiary/aromatic N) is 1. The van der Waals surface area contributed by atoms with Gasteiger partial charge in [0.1, 0.15) is 0 Å². The molecule has 0 atom stereocenters. The molecule has 1 heteroatoms. The predicted octanol–water partition coefficient (Wildman–Crippen LogP) is 2.78. The van der Waals surface area contributed by atoms with E-state index in [1.807, 2.05) is 12.3 Å². The van der Waals surface area contributed by atoms with Crippen LogP contribution in [0.15, 0.2) is 17.3 Å². The monoisotopic (exact) mass is 125 g/mol. The highest BCUT2D eigenvalue weighted by atomic mass is 14.7. The summed E-state index contributed by atoms with van der Waals surface area (Å²) in [4.78, 5) is 3.78. The molecule has 0 saturated heterocycles. The average molecular weight is 125 g/mol. The number of allylic oxidation sites excluding steroid dienone is 1.